The SMILES string of the molecule is CCCCC1CN(CC2CCC(F)(F)CC2)C(=O)OC12CCN(C1(C)CCN(C(=O)c3c(C)ncnc3C)CC1)CC2.O=C(O)C(F)(F)F. The molecule has 49 heavy (non-hydrogen) atoms. The molecule has 4 fully saturated rings. The molecule has 5 rings (SSSR count). The third kappa shape index (κ3) is 9.37. The summed E-state index contributed by atoms with van der Waals surface area (Å²) < 4.78 is 65.5. The van der Waals surface area contributed by atoms with Crippen molar-refractivity contribution in [2.24, 2.45) is 11.8 Å². The predicted molar refractivity (Wildman–Crippen MR) is 170 cm³/mol. The van der Waals surface area contributed by atoms with Gasteiger partial charge in [-0.15, -0.1) is 0 Å². The van der Waals surface area contributed by atoms with E-state index in [1.807, 2.05) is 23.6 Å². The summed E-state index contributed by atoms with van der Waals surface area (Å²) in [4.78, 5) is 50.3. The van der Waals surface area contributed by atoms with Crippen LogP contribution < -0.4 is 0 Å². The van der Waals surface area contributed by atoms with Crippen molar-refractivity contribution in [3.8, 4) is 0 Å². The van der Waals surface area contributed by atoms with E-state index in [2.05, 4.69) is 28.7 Å². The van der Waals surface area contributed by atoms with Gasteiger partial charge >= 0.3 is 18.2 Å². The Labute approximate surface area is 284 Å². The van der Waals surface area contributed by atoms with Gasteiger partial charge in [-0.3, -0.25) is 9.69 Å². The van der Waals surface area contributed by atoms with Crippen LogP contribution in [-0.2, 0) is 9.53 Å². The fourth-order valence-electron chi connectivity index (χ4n) is 7.88. The molecule has 1 aromatic rings. The molecule has 1 aromatic heterocycles. The number of carboxylic acids is 1. The van der Waals surface area contributed by atoms with Crippen molar-refractivity contribution >= 4 is 18.0 Å². The Morgan fingerprint density at radius 3 is 2.04 bits per heavy atom. The van der Waals surface area contributed by atoms with Crippen LogP contribution in [0.4, 0.5) is 26.7 Å². The first-order valence-corrected chi connectivity index (χ1v) is 17.4. The van der Waals surface area contributed by atoms with E-state index in [4.69, 9.17) is 14.6 Å². The number of ether oxygens (including phenoxy) is 1. The number of unbranched alkanes of at least 4 members (excludes halogenated alkanes) is 1. The standard InChI is InChI=1S/C32H49F2N5O3.C2HF3O2/c1-5-6-7-26-21-38(20-25-8-10-32(33,34)11-9-25)29(41)42-31(26)14-18-39(19-15-31)30(4)12-16-37(17-13-30)28(40)27-23(2)35-22-36-24(27)3;3-2(4,5)1(6)7/h22,25-26H,5-21H2,1-4H3;(H,6,7). The highest BCUT2D eigenvalue weighted by Crippen LogP contribution is 2.44. The maximum Gasteiger partial charge on any atom is 0.490 e. The number of hydrogen-bond acceptors (Lipinski definition) is 7. The number of halogens is 5. The van der Waals surface area contributed by atoms with E-state index in [0.717, 1.165) is 69.4 Å². The van der Waals surface area contributed by atoms with Gasteiger partial charge in [-0.1, -0.05) is 19.8 Å². The number of rotatable bonds is 7. The highest BCUT2D eigenvalue weighted by atomic mass is 19.4. The number of hydrogen-bond donors (Lipinski definition) is 1. The quantitative estimate of drug-likeness (QED) is 0.315. The molecule has 2 amide bonds. The average molecular weight is 704 g/mol. The Kier molecular flexibility index (Phi) is 12.2. The van der Waals surface area contributed by atoms with Crippen LogP contribution in [0.1, 0.15) is 106 Å². The molecule has 1 aliphatic carbocycles. The van der Waals surface area contributed by atoms with Crippen molar-refractivity contribution < 1.29 is 46.2 Å². The van der Waals surface area contributed by atoms with Gasteiger partial charge in [0, 0.05) is 76.4 Å². The van der Waals surface area contributed by atoms with Gasteiger partial charge in [0.2, 0.25) is 5.92 Å². The Balaban J connectivity index is 0.000000698. The summed E-state index contributed by atoms with van der Waals surface area (Å²) in [5.41, 5.74) is 1.60. The maximum atomic E-state index is 13.7. The molecular formula is C34H50F5N5O5. The van der Waals surface area contributed by atoms with E-state index in [1.165, 1.54) is 6.33 Å². The largest absolute Gasteiger partial charge is 0.490 e. The molecule has 0 bridgehead atoms. The molecule has 1 atom stereocenters. The lowest BCUT2D eigenvalue weighted by atomic mass is 9.74. The van der Waals surface area contributed by atoms with Crippen molar-refractivity contribution in [2.45, 2.75) is 122 Å². The minimum atomic E-state index is -5.08. The lowest BCUT2D eigenvalue weighted by Crippen LogP contribution is -2.64. The smallest absolute Gasteiger partial charge is 0.475 e. The fourth-order valence-corrected chi connectivity index (χ4v) is 7.88. The second-order valence-electron chi connectivity index (χ2n) is 14.5. The number of aryl methyl sites for hydroxylation is 2. The zero-order chi connectivity index (χ0) is 36.2. The molecule has 3 saturated heterocycles. The van der Waals surface area contributed by atoms with Crippen LogP contribution in [0, 0.1) is 25.7 Å². The third-order valence-corrected chi connectivity index (χ3v) is 11.1. The Morgan fingerprint density at radius 1 is 0.980 bits per heavy atom. The molecule has 0 aromatic carbocycles. The number of likely N-dealkylation sites (tertiary alicyclic amines) is 2. The van der Waals surface area contributed by atoms with Gasteiger partial charge in [-0.05, 0) is 58.8 Å². The van der Waals surface area contributed by atoms with Gasteiger partial charge in [0.15, 0.2) is 0 Å². The normalized spacial score (nSPS) is 24.2. The van der Waals surface area contributed by atoms with Crippen LogP contribution in [0.2, 0.25) is 0 Å². The van der Waals surface area contributed by atoms with Crippen LogP contribution in [0.15, 0.2) is 6.33 Å². The highest BCUT2D eigenvalue weighted by Gasteiger charge is 2.52. The molecule has 0 radical (unpaired) electrons. The summed E-state index contributed by atoms with van der Waals surface area (Å²) in [7, 11) is 0. The van der Waals surface area contributed by atoms with E-state index in [0.29, 0.717) is 44.6 Å². The number of carboxylic acid groups (broad SMARTS) is 1. The van der Waals surface area contributed by atoms with Crippen LogP contribution in [0.3, 0.4) is 0 Å². The Hall–Kier alpha value is -3.10. The van der Waals surface area contributed by atoms with Crippen molar-refractivity contribution in [1.82, 2.24) is 24.7 Å². The van der Waals surface area contributed by atoms with Gasteiger partial charge in [0.1, 0.15) is 11.9 Å². The van der Waals surface area contributed by atoms with E-state index >= 15 is 0 Å². The molecular weight excluding hydrogens is 653 g/mol. The van der Waals surface area contributed by atoms with Gasteiger partial charge in [-0.25, -0.2) is 28.3 Å². The molecule has 4 aliphatic rings. The van der Waals surface area contributed by atoms with Crippen molar-refractivity contribution in [1.29, 1.82) is 0 Å². The topological polar surface area (TPSA) is 116 Å². The molecule has 276 valence electrons. The zero-order valence-electron chi connectivity index (χ0n) is 29.0. The minimum absolute atomic E-state index is 0.0116. The number of aromatic nitrogens is 2. The van der Waals surface area contributed by atoms with Crippen LogP contribution in [0.5, 0.6) is 0 Å². The van der Waals surface area contributed by atoms with Crippen molar-refractivity contribution in [3.63, 3.8) is 0 Å². The van der Waals surface area contributed by atoms with Crippen LogP contribution >= 0.6 is 0 Å². The van der Waals surface area contributed by atoms with E-state index in [1.54, 1.807) is 0 Å². The Morgan fingerprint density at radius 2 is 1.53 bits per heavy atom. The highest BCUT2D eigenvalue weighted by molar-refractivity contribution is 5.96. The number of amides is 2. The maximum absolute atomic E-state index is 13.7. The van der Waals surface area contributed by atoms with Crippen molar-refractivity contribution in [2.75, 3.05) is 39.3 Å². The summed E-state index contributed by atoms with van der Waals surface area (Å²) in [6.07, 6.45) is 3.55. The van der Waals surface area contributed by atoms with Crippen LogP contribution in [0.25, 0.3) is 0 Å². The number of aliphatic carboxylic acids is 1. The van der Waals surface area contributed by atoms with Crippen LogP contribution in [-0.4, -0.2) is 110 Å². The molecule has 1 N–H and O–H groups in total. The second kappa shape index (κ2) is 15.4. The number of alkyl halides is 5. The number of piperidine rings is 2. The Bertz CT molecular complexity index is 1300. The second-order valence-corrected chi connectivity index (χ2v) is 14.5. The number of carbonyl (C=O) groups is 3. The molecule has 15 heteroatoms. The first kappa shape index (κ1) is 38.7. The van der Waals surface area contributed by atoms with E-state index < -0.39 is 23.7 Å². The monoisotopic (exact) mass is 703 g/mol. The minimum Gasteiger partial charge on any atom is -0.475 e. The number of nitrogens with zero attached hydrogens (tertiary/aromatic N) is 5. The summed E-state index contributed by atoms with van der Waals surface area (Å²) >= 11 is 0. The lowest BCUT2D eigenvalue weighted by Gasteiger charge is -2.55. The van der Waals surface area contributed by atoms with E-state index in [9.17, 15) is 31.5 Å². The average Bonchev–Trinajstić information content (AvgIpc) is 3.03. The summed E-state index contributed by atoms with van der Waals surface area (Å²) in [6, 6.07) is 0. The fraction of sp³-hybridized carbons (Fsp3) is 0.794. The molecule has 1 unspecified atom stereocenters. The predicted octanol–water partition coefficient (Wildman–Crippen LogP) is 6.64. The van der Waals surface area contributed by atoms with Crippen molar-refractivity contribution in [3.05, 3.63) is 23.3 Å². The molecule has 1 spiro atoms. The molecule has 3 aliphatic heterocycles. The van der Waals surface area contributed by atoms with Gasteiger partial charge in [-0.2, -0.15) is 13.2 Å². The third-order valence-electron chi connectivity index (χ3n) is 11.1. The summed E-state index contributed by atoms with van der Waals surface area (Å²) in [5, 5.41) is 7.12. The van der Waals surface area contributed by atoms with Gasteiger partial charge in [0.25, 0.3) is 5.91 Å². The van der Waals surface area contributed by atoms with E-state index in [-0.39, 0.29) is 42.2 Å². The summed E-state index contributed by atoms with van der Waals surface area (Å²) in [5.74, 6) is -4.91. The first-order chi connectivity index (χ1) is 22.9. The molecule has 10 nitrogen and oxygen atoms in total. The van der Waals surface area contributed by atoms with Gasteiger partial charge < -0.3 is 19.6 Å². The number of carbonyl (C=O) groups excluding carboxylic acids is 2. The molecule has 4 heterocycles. The van der Waals surface area contributed by atoms with Gasteiger partial charge in [0.05, 0.1) is 17.0 Å². The zero-order valence-corrected chi connectivity index (χ0v) is 29.0. The lowest BCUT2D eigenvalue weighted by molar-refractivity contribution is -0.192. The summed E-state index contributed by atoms with van der Waals surface area (Å²) in [6.45, 7) is 12.5. The molecule has 1 saturated carbocycles. The first-order valence-electron chi connectivity index (χ1n) is 17.4.